The molecule has 29 heavy (non-hydrogen) atoms. The van der Waals surface area contributed by atoms with Gasteiger partial charge in [-0.1, -0.05) is 0 Å². The van der Waals surface area contributed by atoms with Gasteiger partial charge in [0.2, 0.25) is 5.91 Å². The van der Waals surface area contributed by atoms with Gasteiger partial charge >= 0.3 is 5.97 Å². The highest BCUT2D eigenvalue weighted by Crippen LogP contribution is 2.37. The van der Waals surface area contributed by atoms with E-state index in [0.717, 1.165) is 40.6 Å². The van der Waals surface area contributed by atoms with Crippen LogP contribution in [0.25, 0.3) is 0 Å². The maximum absolute atomic E-state index is 12.5. The van der Waals surface area contributed by atoms with Crippen molar-refractivity contribution in [2.45, 2.75) is 24.8 Å². The summed E-state index contributed by atoms with van der Waals surface area (Å²) in [7, 11) is 3.67. The molecule has 0 fully saturated rings. The molecule has 0 radical (unpaired) electrons. The largest absolute Gasteiger partial charge is 0.497 e. The monoisotopic (exact) mass is 456 g/mol. The number of fused-ring (bicyclic) bond motifs is 1. The highest BCUT2D eigenvalue weighted by atomic mass is 35.5. The lowest BCUT2D eigenvalue weighted by Crippen LogP contribution is -2.26. The molecule has 1 amide bonds. The summed E-state index contributed by atoms with van der Waals surface area (Å²) in [6, 6.07) is 7.56. The van der Waals surface area contributed by atoms with E-state index in [0.29, 0.717) is 17.2 Å². The molecule has 9 heteroatoms. The van der Waals surface area contributed by atoms with Crippen molar-refractivity contribution in [3.8, 4) is 5.75 Å². The first kappa shape index (κ1) is 23.5. The van der Waals surface area contributed by atoms with Gasteiger partial charge in [-0.2, -0.15) is 0 Å². The fourth-order valence-electron chi connectivity index (χ4n) is 3.02. The molecule has 1 aliphatic heterocycles. The number of carbonyl (C=O) groups is 2. The van der Waals surface area contributed by atoms with Crippen LogP contribution >= 0.6 is 35.5 Å². The van der Waals surface area contributed by atoms with Crippen molar-refractivity contribution < 1.29 is 19.1 Å². The second kappa shape index (κ2) is 10.9. The summed E-state index contributed by atoms with van der Waals surface area (Å²) in [4.78, 5) is 29.3. The minimum Gasteiger partial charge on any atom is -0.497 e. The average Bonchev–Trinajstić information content (AvgIpc) is 3.03. The van der Waals surface area contributed by atoms with Crippen LogP contribution in [0.5, 0.6) is 5.75 Å². The van der Waals surface area contributed by atoms with Crippen molar-refractivity contribution in [2.24, 2.45) is 0 Å². The third-order valence-corrected chi connectivity index (χ3v) is 6.55. The Bertz CT molecular complexity index is 855. The molecule has 1 aromatic heterocycles. The lowest BCUT2D eigenvalue weighted by atomic mass is 10.0. The van der Waals surface area contributed by atoms with Crippen LogP contribution in [-0.4, -0.2) is 49.8 Å². The van der Waals surface area contributed by atoms with E-state index in [-0.39, 0.29) is 30.0 Å². The third-order valence-electron chi connectivity index (χ3n) is 4.41. The number of benzene rings is 1. The number of methoxy groups -OCH3 is 1. The Morgan fingerprint density at radius 3 is 2.66 bits per heavy atom. The van der Waals surface area contributed by atoms with Gasteiger partial charge in [0.15, 0.2) is 0 Å². The molecule has 0 bridgehead atoms. The number of esters is 1. The van der Waals surface area contributed by atoms with Crippen LogP contribution in [0.15, 0.2) is 29.2 Å². The molecule has 1 N–H and O–H groups in total. The minimum atomic E-state index is -0.359. The molecular formula is C20H25ClN2O4S2. The standard InChI is InChI=1S/C20H24N2O4S2.ClH/c1-4-26-20(24)18-15-9-10-22(2)11-16(15)28-19(18)21-17(23)12-27-14-7-5-13(25-3)6-8-14;/h5-8H,4,9-12H2,1-3H3,(H,21,23);1H. The van der Waals surface area contributed by atoms with Crippen molar-refractivity contribution in [1.82, 2.24) is 4.90 Å². The molecule has 2 heterocycles. The highest BCUT2D eigenvalue weighted by molar-refractivity contribution is 8.00. The molecule has 0 spiro atoms. The van der Waals surface area contributed by atoms with Crippen molar-refractivity contribution in [2.75, 3.05) is 38.4 Å². The van der Waals surface area contributed by atoms with Crippen molar-refractivity contribution in [3.05, 3.63) is 40.3 Å². The molecule has 2 aromatic rings. The predicted octanol–water partition coefficient (Wildman–Crippen LogP) is 4.07. The first-order valence-corrected chi connectivity index (χ1v) is 10.9. The van der Waals surface area contributed by atoms with E-state index in [1.165, 1.54) is 23.1 Å². The maximum Gasteiger partial charge on any atom is 0.341 e. The van der Waals surface area contributed by atoms with Gasteiger partial charge in [0, 0.05) is 22.9 Å². The lowest BCUT2D eigenvalue weighted by Gasteiger charge is -2.22. The number of halogens is 1. The Hall–Kier alpha value is -1.74. The zero-order chi connectivity index (χ0) is 20.1. The van der Waals surface area contributed by atoms with Gasteiger partial charge in [0.1, 0.15) is 10.8 Å². The van der Waals surface area contributed by atoms with Crippen LogP contribution in [0.1, 0.15) is 27.7 Å². The predicted molar refractivity (Wildman–Crippen MR) is 120 cm³/mol. The summed E-state index contributed by atoms with van der Waals surface area (Å²) >= 11 is 2.91. The molecule has 6 nitrogen and oxygen atoms in total. The smallest absolute Gasteiger partial charge is 0.341 e. The number of hydrogen-bond acceptors (Lipinski definition) is 7. The number of thioether (sulfide) groups is 1. The van der Waals surface area contributed by atoms with Gasteiger partial charge < -0.3 is 19.7 Å². The number of nitrogens with zero attached hydrogens (tertiary/aromatic N) is 1. The summed E-state index contributed by atoms with van der Waals surface area (Å²) < 4.78 is 10.4. The number of amides is 1. The molecule has 0 aliphatic carbocycles. The maximum atomic E-state index is 12.5. The first-order valence-electron chi connectivity index (χ1n) is 9.08. The van der Waals surface area contributed by atoms with E-state index in [1.807, 2.05) is 24.3 Å². The zero-order valence-electron chi connectivity index (χ0n) is 16.6. The highest BCUT2D eigenvalue weighted by Gasteiger charge is 2.28. The SMILES string of the molecule is CCOC(=O)c1c(NC(=O)CSc2ccc(OC)cc2)sc2c1CCN(C)C2.Cl. The fraction of sp³-hybridized carbons (Fsp3) is 0.400. The normalized spacial score (nSPS) is 13.2. The van der Waals surface area contributed by atoms with Crippen LogP contribution in [0.4, 0.5) is 5.00 Å². The molecule has 0 atom stereocenters. The Labute approximate surface area is 185 Å². The number of rotatable bonds is 7. The Kier molecular flexibility index (Phi) is 8.82. The third kappa shape index (κ3) is 5.88. The van der Waals surface area contributed by atoms with E-state index in [9.17, 15) is 9.59 Å². The van der Waals surface area contributed by atoms with Crippen LogP contribution in [0.2, 0.25) is 0 Å². The number of nitrogens with one attached hydrogen (secondary N) is 1. The van der Waals surface area contributed by atoms with Gasteiger partial charge in [-0.25, -0.2) is 4.79 Å². The summed E-state index contributed by atoms with van der Waals surface area (Å²) in [6.07, 6.45) is 0.785. The summed E-state index contributed by atoms with van der Waals surface area (Å²) in [6.45, 7) is 3.76. The van der Waals surface area contributed by atoms with Crippen LogP contribution in [0, 0.1) is 0 Å². The topological polar surface area (TPSA) is 67.9 Å². The quantitative estimate of drug-likeness (QED) is 0.500. The molecule has 0 saturated heterocycles. The Balaban J connectivity index is 0.00000300. The van der Waals surface area contributed by atoms with E-state index in [2.05, 4.69) is 17.3 Å². The number of ether oxygens (including phenoxy) is 2. The number of likely N-dealkylation sites (N-methyl/N-ethyl adjacent to an activating group) is 1. The van der Waals surface area contributed by atoms with Gasteiger partial charge in [-0.15, -0.1) is 35.5 Å². The van der Waals surface area contributed by atoms with Crippen molar-refractivity contribution in [3.63, 3.8) is 0 Å². The molecule has 3 rings (SSSR count). The fourth-order valence-corrected chi connectivity index (χ4v) is 5.05. The molecule has 0 unspecified atom stereocenters. The number of hydrogen-bond donors (Lipinski definition) is 1. The molecule has 1 aliphatic rings. The molecule has 1 aromatic carbocycles. The molecule has 0 saturated carbocycles. The van der Waals surface area contributed by atoms with Crippen LogP contribution < -0.4 is 10.1 Å². The van der Waals surface area contributed by atoms with Gasteiger partial charge in [-0.3, -0.25) is 4.79 Å². The molecule has 158 valence electrons. The zero-order valence-corrected chi connectivity index (χ0v) is 19.1. The Morgan fingerprint density at radius 1 is 1.28 bits per heavy atom. The van der Waals surface area contributed by atoms with Crippen molar-refractivity contribution in [1.29, 1.82) is 0 Å². The van der Waals surface area contributed by atoms with Gasteiger partial charge in [0.05, 0.1) is 25.0 Å². The van der Waals surface area contributed by atoms with E-state index >= 15 is 0 Å². The van der Waals surface area contributed by atoms with E-state index in [4.69, 9.17) is 9.47 Å². The number of carbonyl (C=O) groups excluding carboxylic acids is 2. The summed E-state index contributed by atoms with van der Waals surface area (Å²) in [5, 5.41) is 3.53. The van der Waals surface area contributed by atoms with E-state index < -0.39 is 0 Å². The summed E-state index contributed by atoms with van der Waals surface area (Å²) in [5.41, 5.74) is 1.54. The molecular weight excluding hydrogens is 432 g/mol. The van der Waals surface area contributed by atoms with Crippen LogP contribution in [0.3, 0.4) is 0 Å². The average molecular weight is 457 g/mol. The number of anilines is 1. The van der Waals surface area contributed by atoms with Crippen LogP contribution in [-0.2, 0) is 22.5 Å². The Morgan fingerprint density at radius 2 is 2.00 bits per heavy atom. The number of thiophene rings is 1. The van der Waals surface area contributed by atoms with Crippen molar-refractivity contribution >= 4 is 52.4 Å². The van der Waals surface area contributed by atoms with Gasteiger partial charge in [-0.05, 0) is 50.2 Å². The second-order valence-electron chi connectivity index (χ2n) is 6.43. The first-order chi connectivity index (χ1) is 13.5. The second-order valence-corrected chi connectivity index (χ2v) is 8.58. The summed E-state index contributed by atoms with van der Waals surface area (Å²) in [5.74, 6) is 0.542. The van der Waals surface area contributed by atoms with E-state index in [1.54, 1.807) is 14.0 Å². The van der Waals surface area contributed by atoms with Gasteiger partial charge in [0.25, 0.3) is 0 Å². The lowest BCUT2D eigenvalue weighted by molar-refractivity contribution is -0.113. The minimum absolute atomic E-state index is 0.